The van der Waals surface area contributed by atoms with Gasteiger partial charge in [0.05, 0.1) is 35.5 Å². The summed E-state index contributed by atoms with van der Waals surface area (Å²) in [5.41, 5.74) is 7.62. The minimum absolute atomic E-state index is 0.193. The summed E-state index contributed by atoms with van der Waals surface area (Å²) in [6, 6.07) is 28.9. The van der Waals surface area contributed by atoms with Gasteiger partial charge in [0, 0.05) is 43.5 Å². The van der Waals surface area contributed by atoms with E-state index in [0.717, 1.165) is 87.3 Å². The zero-order chi connectivity index (χ0) is 34.5. The van der Waals surface area contributed by atoms with Crippen LogP contribution in [-0.2, 0) is 27.2 Å². The Morgan fingerprint density at radius 3 is 2.44 bits per heavy atom. The fourth-order valence-electron chi connectivity index (χ4n) is 6.44. The highest BCUT2D eigenvalue weighted by molar-refractivity contribution is 7.23. The third-order valence-corrected chi connectivity index (χ3v) is 9.89. The van der Waals surface area contributed by atoms with Crippen molar-refractivity contribution in [1.82, 2.24) is 19.6 Å². The topological polar surface area (TPSA) is 97.2 Å². The van der Waals surface area contributed by atoms with Gasteiger partial charge in [0.1, 0.15) is 18.4 Å². The number of carbonyl (C=O) groups is 2. The summed E-state index contributed by atoms with van der Waals surface area (Å²) in [4.78, 5) is 34.9. The number of ether oxygens (including phenoxy) is 2. The van der Waals surface area contributed by atoms with E-state index < -0.39 is 6.04 Å². The number of thiazole rings is 1. The number of morpholine rings is 1. The number of nitrogens with zero attached hydrogens (tertiary/aromatic N) is 3. The second-order valence-corrected chi connectivity index (χ2v) is 13.9. The number of aryl methyl sites for hydroxylation is 2. The molecule has 0 spiro atoms. The Morgan fingerprint density at radius 2 is 1.68 bits per heavy atom. The molecule has 2 aromatic heterocycles. The van der Waals surface area contributed by atoms with E-state index >= 15 is 0 Å². The van der Waals surface area contributed by atoms with Crippen LogP contribution in [0.15, 0.2) is 97.2 Å². The molecule has 50 heavy (non-hydrogen) atoms. The molecule has 0 bridgehead atoms. The van der Waals surface area contributed by atoms with Crippen LogP contribution < -0.4 is 15.4 Å². The van der Waals surface area contributed by atoms with Gasteiger partial charge in [-0.1, -0.05) is 83.1 Å². The molecule has 9 nitrogen and oxygen atoms in total. The molecule has 1 fully saturated rings. The third kappa shape index (κ3) is 8.22. The van der Waals surface area contributed by atoms with Crippen molar-refractivity contribution in [2.24, 2.45) is 0 Å². The number of aromatic nitrogens is 2. The molecule has 0 aliphatic carbocycles. The van der Waals surface area contributed by atoms with Gasteiger partial charge in [-0.05, 0) is 55.3 Å². The number of hydrogen-bond donors (Lipinski definition) is 2. The Morgan fingerprint density at radius 1 is 0.920 bits per heavy atom. The molecule has 2 amide bonds. The fourth-order valence-corrected chi connectivity index (χ4v) is 7.48. The summed E-state index contributed by atoms with van der Waals surface area (Å²) in [6.07, 6.45) is 2.63. The van der Waals surface area contributed by atoms with E-state index in [2.05, 4.69) is 38.1 Å². The van der Waals surface area contributed by atoms with Crippen LogP contribution in [0, 0.1) is 13.8 Å². The number of rotatable bonds is 12. The standard InChI is InChI=1S/C40H41N5O4S/c1-27-20-28(2)22-30(21-27)24-38(46)42-34(23-29-6-4-3-5-7-29)39(47)41-32-10-8-31(9-11-32)35-26-45-36-13-12-33(25-37(36)50-40(45)43-35)49-19-16-44-14-17-48-18-15-44/h3-13,20-22,25-26,34H,14-19,23-24H2,1-2H3,(H,41,47)(H,42,46)/t34-/m0/s1. The van der Waals surface area contributed by atoms with Crippen LogP contribution in [0.4, 0.5) is 5.69 Å². The number of imidazole rings is 1. The normalized spacial score (nSPS) is 14.1. The van der Waals surface area contributed by atoms with Crippen LogP contribution in [0.5, 0.6) is 5.75 Å². The van der Waals surface area contributed by atoms with E-state index in [1.54, 1.807) is 11.3 Å². The molecule has 6 aromatic rings. The van der Waals surface area contributed by atoms with E-state index in [9.17, 15) is 9.59 Å². The lowest BCUT2D eigenvalue weighted by Crippen LogP contribution is -2.45. The molecule has 2 N–H and O–H groups in total. The lowest BCUT2D eigenvalue weighted by atomic mass is 10.0. The smallest absolute Gasteiger partial charge is 0.247 e. The van der Waals surface area contributed by atoms with E-state index in [0.29, 0.717) is 18.7 Å². The Balaban J connectivity index is 1.00. The van der Waals surface area contributed by atoms with E-state index in [4.69, 9.17) is 14.5 Å². The summed E-state index contributed by atoms with van der Waals surface area (Å²) < 4.78 is 14.7. The maximum atomic E-state index is 13.6. The van der Waals surface area contributed by atoms with Gasteiger partial charge >= 0.3 is 0 Å². The summed E-state index contributed by atoms with van der Waals surface area (Å²) in [5, 5.41) is 6.00. The van der Waals surface area contributed by atoms with Crippen LogP contribution in [0.25, 0.3) is 26.4 Å². The molecule has 4 aromatic carbocycles. The molecule has 1 saturated heterocycles. The summed E-state index contributed by atoms with van der Waals surface area (Å²) in [5.74, 6) is 0.398. The highest BCUT2D eigenvalue weighted by Crippen LogP contribution is 2.32. The summed E-state index contributed by atoms with van der Waals surface area (Å²) in [7, 11) is 0. The van der Waals surface area contributed by atoms with Gasteiger partial charge in [-0.3, -0.25) is 18.9 Å². The van der Waals surface area contributed by atoms with Crippen LogP contribution >= 0.6 is 11.3 Å². The van der Waals surface area contributed by atoms with E-state index in [-0.39, 0.29) is 18.2 Å². The van der Waals surface area contributed by atoms with Crippen molar-refractivity contribution in [3.8, 4) is 17.0 Å². The molecule has 0 saturated carbocycles. The van der Waals surface area contributed by atoms with Crippen molar-refractivity contribution >= 4 is 44.0 Å². The Kier molecular flexibility index (Phi) is 10.2. The molecule has 10 heteroatoms. The zero-order valence-corrected chi connectivity index (χ0v) is 29.2. The predicted octanol–water partition coefficient (Wildman–Crippen LogP) is 6.45. The van der Waals surface area contributed by atoms with Gasteiger partial charge in [-0.15, -0.1) is 0 Å². The quantitative estimate of drug-likeness (QED) is 0.154. The maximum Gasteiger partial charge on any atom is 0.247 e. The van der Waals surface area contributed by atoms with Crippen LogP contribution in [0.1, 0.15) is 22.3 Å². The molecule has 1 aliphatic rings. The number of fused-ring (bicyclic) bond motifs is 3. The first-order valence-corrected chi connectivity index (χ1v) is 17.8. The van der Waals surface area contributed by atoms with Gasteiger partial charge in [-0.25, -0.2) is 4.98 Å². The first-order valence-electron chi connectivity index (χ1n) is 17.0. The maximum absolute atomic E-state index is 13.6. The minimum atomic E-state index is -0.737. The Hall–Kier alpha value is -5.03. The molecule has 0 radical (unpaired) electrons. The SMILES string of the molecule is Cc1cc(C)cc(CC(=O)N[C@@H](Cc2ccccc2)C(=O)Nc2ccc(-c3cn4c(n3)sc3cc(OCCN5CCOCC5)ccc34)cc2)c1. The van der Waals surface area contributed by atoms with Crippen molar-refractivity contribution in [1.29, 1.82) is 0 Å². The second kappa shape index (κ2) is 15.2. The van der Waals surface area contributed by atoms with Crippen molar-refractivity contribution < 1.29 is 19.1 Å². The molecule has 1 atom stereocenters. The highest BCUT2D eigenvalue weighted by Gasteiger charge is 2.22. The minimum Gasteiger partial charge on any atom is -0.492 e. The average Bonchev–Trinajstić information content (AvgIpc) is 3.67. The van der Waals surface area contributed by atoms with Gasteiger partial charge in [-0.2, -0.15) is 0 Å². The van der Waals surface area contributed by atoms with Gasteiger partial charge in [0.15, 0.2) is 4.96 Å². The van der Waals surface area contributed by atoms with Crippen molar-refractivity contribution in [2.75, 3.05) is 44.8 Å². The highest BCUT2D eigenvalue weighted by atomic mass is 32.1. The van der Waals surface area contributed by atoms with Crippen LogP contribution in [-0.4, -0.2) is 71.6 Å². The van der Waals surface area contributed by atoms with Crippen molar-refractivity contribution in [3.05, 3.63) is 119 Å². The van der Waals surface area contributed by atoms with Gasteiger partial charge < -0.3 is 20.1 Å². The zero-order valence-electron chi connectivity index (χ0n) is 28.4. The molecule has 256 valence electrons. The number of benzene rings is 4. The lowest BCUT2D eigenvalue weighted by molar-refractivity contribution is -0.126. The predicted molar refractivity (Wildman–Crippen MR) is 199 cm³/mol. The molecular weight excluding hydrogens is 647 g/mol. The molecule has 0 unspecified atom stereocenters. The first kappa shape index (κ1) is 33.5. The molecule has 3 heterocycles. The number of amides is 2. The molecule has 7 rings (SSSR count). The molecular formula is C40H41N5O4S. The monoisotopic (exact) mass is 687 g/mol. The summed E-state index contributed by atoms with van der Waals surface area (Å²) >= 11 is 1.63. The van der Waals surface area contributed by atoms with E-state index in [1.165, 1.54) is 0 Å². The van der Waals surface area contributed by atoms with Crippen LogP contribution in [0.2, 0.25) is 0 Å². The van der Waals surface area contributed by atoms with Gasteiger partial charge in [0.25, 0.3) is 0 Å². The Bertz CT molecular complexity index is 2080. The van der Waals surface area contributed by atoms with E-state index in [1.807, 2.05) is 92.8 Å². The Labute approximate surface area is 295 Å². The van der Waals surface area contributed by atoms with Crippen molar-refractivity contribution in [3.63, 3.8) is 0 Å². The number of hydrogen-bond acceptors (Lipinski definition) is 7. The third-order valence-electron chi connectivity index (χ3n) is 8.87. The molecule has 1 aliphatic heterocycles. The second-order valence-electron chi connectivity index (χ2n) is 12.9. The largest absolute Gasteiger partial charge is 0.492 e. The number of carbonyl (C=O) groups excluding carboxylic acids is 2. The average molecular weight is 688 g/mol. The number of anilines is 1. The van der Waals surface area contributed by atoms with Crippen molar-refractivity contribution in [2.45, 2.75) is 32.7 Å². The fraction of sp³-hybridized carbons (Fsp3) is 0.275. The lowest BCUT2D eigenvalue weighted by Gasteiger charge is -2.26. The summed E-state index contributed by atoms with van der Waals surface area (Å²) in [6.45, 7) is 9.05. The van der Waals surface area contributed by atoms with Gasteiger partial charge in [0.2, 0.25) is 11.8 Å². The number of nitrogens with one attached hydrogen (secondary N) is 2. The van der Waals surface area contributed by atoms with Crippen LogP contribution in [0.3, 0.4) is 0 Å². The first-order chi connectivity index (χ1) is 24.4.